The van der Waals surface area contributed by atoms with Gasteiger partial charge in [0, 0.05) is 18.6 Å². The molecule has 10 atom stereocenters. The molecule has 2 aromatic rings. The molecule has 14 nitrogen and oxygen atoms in total. The van der Waals surface area contributed by atoms with Gasteiger partial charge >= 0.3 is 0 Å². The molecule has 1 unspecified atom stereocenters. The minimum Gasteiger partial charge on any atom is -0.508 e. The van der Waals surface area contributed by atoms with Crippen LogP contribution >= 0.6 is 0 Å². The van der Waals surface area contributed by atoms with Gasteiger partial charge in [0.05, 0.1) is 12.7 Å². The number of aromatic hydroxyl groups is 3. The van der Waals surface area contributed by atoms with Gasteiger partial charge in [-0.15, -0.1) is 0 Å². The number of benzene rings is 2. The standard InChI is InChI=1S/C27H34O14/c1-11-20(33)22(35)24(37)26(38-11)41-25-23(36)21(34)18(10-28)40-27(25)39-14-8-16(31)19(17(32)9-14)15(30)7-4-12-2-5-13(29)6-3-12/h2-3,5-6,8-9,11,18,20-29,31-37H,4,7,10H2,1H3/t11-,18-,20-,21?,22+,23+,24+,25-,26-,27-/m0/s1. The molecule has 2 fully saturated rings. The number of Topliss-reactive ketones (excluding diaryl/α,β-unsaturated/α-hetero) is 1. The molecule has 2 aromatic carbocycles. The molecule has 0 aliphatic carbocycles. The molecule has 14 heteroatoms. The Kier molecular flexibility index (Phi) is 9.69. The highest BCUT2D eigenvalue weighted by Gasteiger charge is 2.51. The predicted molar refractivity (Wildman–Crippen MR) is 136 cm³/mol. The lowest BCUT2D eigenvalue weighted by Gasteiger charge is -2.45. The molecule has 0 saturated carbocycles. The van der Waals surface area contributed by atoms with Crippen molar-refractivity contribution >= 4 is 5.78 Å². The molecule has 4 rings (SSSR count). The Morgan fingerprint density at radius 3 is 2.07 bits per heavy atom. The van der Waals surface area contributed by atoms with Crippen molar-refractivity contribution in [1.29, 1.82) is 0 Å². The smallest absolute Gasteiger partial charge is 0.229 e. The van der Waals surface area contributed by atoms with Gasteiger partial charge in [-0.3, -0.25) is 4.79 Å². The number of phenolic OH excluding ortho intramolecular Hbond substituents is 3. The number of carbonyl (C=O) groups is 1. The van der Waals surface area contributed by atoms with Gasteiger partial charge in [0.1, 0.15) is 65.2 Å². The number of rotatable bonds is 9. The van der Waals surface area contributed by atoms with E-state index in [9.17, 15) is 50.8 Å². The van der Waals surface area contributed by atoms with E-state index in [-0.39, 0.29) is 29.9 Å². The van der Waals surface area contributed by atoms with Gasteiger partial charge in [0.25, 0.3) is 0 Å². The molecule has 2 saturated heterocycles. The van der Waals surface area contributed by atoms with Crippen molar-refractivity contribution in [3.05, 3.63) is 47.5 Å². The zero-order valence-corrected chi connectivity index (χ0v) is 21.9. The van der Waals surface area contributed by atoms with Gasteiger partial charge in [-0.1, -0.05) is 12.1 Å². The predicted octanol–water partition coefficient (Wildman–Crippen LogP) is -1.35. The van der Waals surface area contributed by atoms with Gasteiger partial charge in [0.15, 0.2) is 18.2 Å². The molecule has 0 spiro atoms. The largest absolute Gasteiger partial charge is 0.508 e. The number of aliphatic hydroxyl groups excluding tert-OH is 6. The Balaban J connectivity index is 1.52. The van der Waals surface area contributed by atoms with Gasteiger partial charge in [-0.2, -0.15) is 0 Å². The van der Waals surface area contributed by atoms with Crippen molar-refractivity contribution in [3.8, 4) is 23.0 Å². The summed E-state index contributed by atoms with van der Waals surface area (Å²) in [6.07, 6.45) is -15.3. The Bertz CT molecular complexity index is 1170. The van der Waals surface area contributed by atoms with Gasteiger partial charge in [-0.25, -0.2) is 0 Å². The van der Waals surface area contributed by atoms with E-state index in [0.29, 0.717) is 0 Å². The third-order valence-electron chi connectivity index (χ3n) is 7.10. The number of carbonyl (C=O) groups excluding carboxylic acids is 1. The van der Waals surface area contributed by atoms with Crippen molar-refractivity contribution in [2.45, 2.75) is 81.2 Å². The Labute approximate surface area is 234 Å². The molecule has 9 N–H and O–H groups in total. The minimum atomic E-state index is -1.77. The van der Waals surface area contributed by atoms with Gasteiger partial charge in [-0.05, 0) is 31.0 Å². The van der Waals surface area contributed by atoms with Crippen molar-refractivity contribution < 1.29 is 69.7 Å². The van der Waals surface area contributed by atoms with E-state index in [2.05, 4.69) is 0 Å². The zero-order valence-electron chi connectivity index (χ0n) is 21.9. The zero-order chi connectivity index (χ0) is 30.0. The summed E-state index contributed by atoms with van der Waals surface area (Å²) in [7, 11) is 0. The molecule has 226 valence electrons. The van der Waals surface area contributed by atoms with E-state index in [1.165, 1.54) is 19.1 Å². The summed E-state index contributed by atoms with van der Waals surface area (Å²) in [4.78, 5) is 12.7. The third-order valence-corrected chi connectivity index (χ3v) is 7.10. The number of aliphatic hydroxyl groups is 6. The van der Waals surface area contributed by atoms with Crippen LogP contribution in [-0.2, 0) is 20.6 Å². The highest BCUT2D eigenvalue weighted by molar-refractivity contribution is 6.01. The average Bonchev–Trinajstić information content (AvgIpc) is 2.93. The topological polar surface area (TPSA) is 236 Å². The Morgan fingerprint density at radius 2 is 1.46 bits per heavy atom. The number of hydrogen-bond acceptors (Lipinski definition) is 14. The van der Waals surface area contributed by atoms with Crippen molar-refractivity contribution in [2.75, 3.05) is 6.61 Å². The van der Waals surface area contributed by atoms with Crippen LogP contribution in [0, 0.1) is 0 Å². The van der Waals surface area contributed by atoms with E-state index >= 15 is 0 Å². The molecule has 0 aromatic heterocycles. The monoisotopic (exact) mass is 582 g/mol. The van der Waals surface area contributed by atoms with Crippen LogP contribution in [-0.4, -0.2) is 120 Å². The lowest BCUT2D eigenvalue weighted by molar-refractivity contribution is -0.354. The van der Waals surface area contributed by atoms with E-state index in [4.69, 9.17) is 18.9 Å². The molecular weight excluding hydrogens is 548 g/mol. The van der Waals surface area contributed by atoms with Crippen molar-refractivity contribution in [1.82, 2.24) is 0 Å². The van der Waals surface area contributed by atoms with Crippen LogP contribution in [0.4, 0.5) is 0 Å². The normalized spacial score (nSPS) is 33.8. The first-order valence-corrected chi connectivity index (χ1v) is 12.9. The van der Waals surface area contributed by atoms with Crippen LogP contribution in [0.5, 0.6) is 23.0 Å². The second kappa shape index (κ2) is 12.9. The molecule has 0 radical (unpaired) electrons. The maximum Gasteiger partial charge on any atom is 0.229 e. The second-order valence-corrected chi connectivity index (χ2v) is 10.0. The third kappa shape index (κ3) is 6.72. The molecule has 0 amide bonds. The van der Waals surface area contributed by atoms with Crippen LogP contribution in [0.3, 0.4) is 0 Å². The lowest BCUT2D eigenvalue weighted by Crippen LogP contribution is -2.64. The van der Waals surface area contributed by atoms with E-state index in [1.54, 1.807) is 12.1 Å². The van der Waals surface area contributed by atoms with Crippen LogP contribution in [0.1, 0.15) is 29.3 Å². The van der Waals surface area contributed by atoms with Crippen LogP contribution in [0.25, 0.3) is 0 Å². The summed E-state index contributed by atoms with van der Waals surface area (Å²) in [5.74, 6) is -2.00. The van der Waals surface area contributed by atoms with Crippen molar-refractivity contribution in [3.63, 3.8) is 0 Å². The summed E-state index contributed by atoms with van der Waals surface area (Å²) in [6, 6.07) is 8.22. The van der Waals surface area contributed by atoms with Crippen LogP contribution in [0.15, 0.2) is 36.4 Å². The molecule has 2 aliphatic heterocycles. The summed E-state index contributed by atoms with van der Waals surface area (Å²) >= 11 is 0. The fourth-order valence-electron chi connectivity index (χ4n) is 4.70. The second-order valence-electron chi connectivity index (χ2n) is 10.0. The van der Waals surface area contributed by atoms with E-state index in [0.717, 1.165) is 17.7 Å². The summed E-state index contributed by atoms with van der Waals surface area (Å²) < 4.78 is 22.2. The molecular formula is C27H34O14. The van der Waals surface area contributed by atoms with Crippen molar-refractivity contribution in [2.24, 2.45) is 0 Å². The Morgan fingerprint density at radius 1 is 0.829 bits per heavy atom. The van der Waals surface area contributed by atoms with Gasteiger partial charge < -0.3 is 64.9 Å². The summed E-state index contributed by atoms with van der Waals surface area (Å²) in [6.45, 7) is 0.675. The average molecular weight is 583 g/mol. The highest BCUT2D eigenvalue weighted by atomic mass is 16.8. The van der Waals surface area contributed by atoms with E-state index in [1.807, 2.05) is 0 Å². The number of aryl methyl sites for hydroxylation is 1. The quantitative estimate of drug-likeness (QED) is 0.156. The molecule has 41 heavy (non-hydrogen) atoms. The first-order chi connectivity index (χ1) is 19.4. The SMILES string of the molecule is C[C@@H]1O[C@@H](O[C@@H]2[C@@H](Oc3cc(O)c(C(=O)CCc4ccc(O)cc4)c(O)c3)O[C@@H](CO)C(O)[C@H]2O)[C@H](O)[C@H](O)[C@H]1O. The number of ether oxygens (including phenoxy) is 4. The van der Waals surface area contributed by atoms with Gasteiger partial charge in [0.2, 0.25) is 6.29 Å². The summed E-state index contributed by atoms with van der Waals surface area (Å²) in [5.41, 5.74) is 0.385. The fourth-order valence-corrected chi connectivity index (χ4v) is 4.70. The molecule has 0 bridgehead atoms. The molecule has 2 aliphatic rings. The maximum atomic E-state index is 12.7. The van der Waals surface area contributed by atoms with Crippen LogP contribution < -0.4 is 4.74 Å². The number of phenols is 3. The highest BCUT2D eigenvalue weighted by Crippen LogP contribution is 2.36. The van der Waals surface area contributed by atoms with E-state index < -0.39 is 85.3 Å². The summed E-state index contributed by atoms with van der Waals surface area (Å²) in [5, 5.41) is 91.5. The fraction of sp³-hybridized carbons (Fsp3) is 0.519. The van der Waals surface area contributed by atoms with Crippen LogP contribution in [0.2, 0.25) is 0 Å². The number of ketones is 1. The Hall–Kier alpha value is -3.05. The minimum absolute atomic E-state index is 0.0706. The first kappa shape index (κ1) is 30.9. The molecule has 2 heterocycles. The first-order valence-electron chi connectivity index (χ1n) is 12.9. The lowest BCUT2D eigenvalue weighted by atomic mass is 9.97. The maximum absolute atomic E-state index is 12.7. The number of hydrogen-bond donors (Lipinski definition) is 9.